The average Bonchev–Trinajstić information content (AvgIpc) is 2.82. The molecular formula is C14H17ClN2O. The number of fused-ring (bicyclic) bond motifs is 1. The highest BCUT2D eigenvalue weighted by molar-refractivity contribution is 6.33. The lowest BCUT2D eigenvalue weighted by molar-refractivity contribution is 0.0786. The number of carbonyl (C=O) groups excluding carboxylic acids is 1. The number of benzene rings is 1. The molecule has 0 saturated carbocycles. The van der Waals surface area contributed by atoms with E-state index in [4.69, 9.17) is 11.6 Å². The van der Waals surface area contributed by atoms with Gasteiger partial charge in [-0.3, -0.25) is 4.79 Å². The third-order valence-corrected chi connectivity index (χ3v) is 4.32. The fourth-order valence-electron chi connectivity index (χ4n) is 3.02. The smallest absolute Gasteiger partial charge is 0.255 e. The molecule has 0 spiro atoms. The second-order valence-electron chi connectivity index (χ2n) is 5.15. The largest absolute Gasteiger partial charge is 0.337 e. The van der Waals surface area contributed by atoms with Gasteiger partial charge in [-0.1, -0.05) is 23.7 Å². The molecule has 2 saturated heterocycles. The summed E-state index contributed by atoms with van der Waals surface area (Å²) in [6.45, 7) is 2.76. The fraction of sp³-hybridized carbons (Fsp3) is 0.500. The van der Waals surface area contributed by atoms with Crippen molar-refractivity contribution in [3.63, 3.8) is 0 Å². The summed E-state index contributed by atoms with van der Waals surface area (Å²) in [5.41, 5.74) is 0.623. The van der Waals surface area contributed by atoms with Crippen molar-refractivity contribution in [2.45, 2.75) is 18.9 Å². The molecular weight excluding hydrogens is 248 g/mol. The Morgan fingerprint density at radius 2 is 2.17 bits per heavy atom. The van der Waals surface area contributed by atoms with Gasteiger partial charge < -0.3 is 10.2 Å². The van der Waals surface area contributed by atoms with Crippen molar-refractivity contribution < 1.29 is 4.79 Å². The maximum atomic E-state index is 12.4. The van der Waals surface area contributed by atoms with Gasteiger partial charge in [0.2, 0.25) is 0 Å². The third-order valence-electron chi connectivity index (χ3n) is 3.99. The van der Waals surface area contributed by atoms with Gasteiger partial charge in [-0.2, -0.15) is 0 Å². The predicted molar refractivity (Wildman–Crippen MR) is 71.9 cm³/mol. The summed E-state index contributed by atoms with van der Waals surface area (Å²) in [5, 5.41) is 4.05. The molecule has 3 rings (SSSR count). The molecule has 2 aliphatic rings. The first-order chi connectivity index (χ1) is 8.75. The molecule has 2 fully saturated rings. The Morgan fingerprint density at radius 1 is 1.33 bits per heavy atom. The molecule has 2 heterocycles. The lowest BCUT2D eigenvalue weighted by atomic mass is 9.94. The predicted octanol–water partition coefficient (Wildman–Crippen LogP) is 2.16. The minimum absolute atomic E-state index is 0.0665. The van der Waals surface area contributed by atoms with Gasteiger partial charge in [0, 0.05) is 19.1 Å². The van der Waals surface area contributed by atoms with Crippen LogP contribution in [0.25, 0.3) is 0 Å². The number of rotatable bonds is 1. The molecule has 18 heavy (non-hydrogen) atoms. The van der Waals surface area contributed by atoms with Crippen LogP contribution in [0.5, 0.6) is 0 Å². The number of nitrogens with one attached hydrogen (secondary N) is 1. The van der Waals surface area contributed by atoms with Crippen molar-refractivity contribution >= 4 is 17.5 Å². The number of nitrogens with zero attached hydrogens (tertiary/aromatic N) is 1. The summed E-state index contributed by atoms with van der Waals surface area (Å²) in [7, 11) is 0. The van der Waals surface area contributed by atoms with Gasteiger partial charge in [0.05, 0.1) is 10.6 Å². The van der Waals surface area contributed by atoms with Gasteiger partial charge >= 0.3 is 0 Å². The molecule has 3 nitrogen and oxygen atoms in total. The quantitative estimate of drug-likeness (QED) is 0.843. The molecule has 1 aromatic rings. The van der Waals surface area contributed by atoms with Crippen LogP contribution in [-0.4, -0.2) is 36.5 Å². The van der Waals surface area contributed by atoms with Gasteiger partial charge in [0.25, 0.3) is 5.91 Å². The molecule has 1 amide bonds. The molecule has 2 unspecified atom stereocenters. The number of carbonyl (C=O) groups is 1. The van der Waals surface area contributed by atoms with Crippen molar-refractivity contribution in [3.8, 4) is 0 Å². The van der Waals surface area contributed by atoms with E-state index in [1.807, 2.05) is 17.0 Å². The monoisotopic (exact) mass is 264 g/mol. The Kier molecular flexibility index (Phi) is 3.27. The van der Waals surface area contributed by atoms with Crippen molar-refractivity contribution in [3.05, 3.63) is 34.9 Å². The van der Waals surface area contributed by atoms with Gasteiger partial charge in [-0.05, 0) is 37.4 Å². The van der Waals surface area contributed by atoms with Crippen LogP contribution in [0, 0.1) is 5.92 Å². The third kappa shape index (κ3) is 2.13. The number of amides is 1. The molecule has 0 bridgehead atoms. The van der Waals surface area contributed by atoms with Crippen LogP contribution in [0.1, 0.15) is 23.2 Å². The van der Waals surface area contributed by atoms with E-state index >= 15 is 0 Å². The Morgan fingerprint density at radius 3 is 2.94 bits per heavy atom. The van der Waals surface area contributed by atoms with E-state index in [9.17, 15) is 4.79 Å². The summed E-state index contributed by atoms with van der Waals surface area (Å²) in [6, 6.07) is 7.77. The highest BCUT2D eigenvalue weighted by Gasteiger charge is 2.36. The zero-order chi connectivity index (χ0) is 12.5. The minimum atomic E-state index is 0.0665. The van der Waals surface area contributed by atoms with E-state index < -0.39 is 0 Å². The van der Waals surface area contributed by atoms with Crippen LogP contribution in [0.4, 0.5) is 0 Å². The van der Waals surface area contributed by atoms with Crippen molar-refractivity contribution in [2.75, 3.05) is 19.6 Å². The topological polar surface area (TPSA) is 32.3 Å². The molecule has 0 aliphatic carbocycles. The van der Waals surface area contributed by atoms with Crippen molar-refractivity contribution in [1.29, 1.82) is 0 Å². The normalized spacial score (nSPS) is 27.1. The molecule has 0 aromatic heterocycles. The first-order valence-electron chi connectivity index (χ1n) is 6.53. The zero-order valence-electron chi connectivity index (χ0n) is 10.2. The first-order valence-corrected chi connectivity index (χ1v) is 6.90. The summed E-state index contributed by atoms with van der Waals surface area (Å²) in [4.78, 5) is 14.4. The van der Waals surface area contributed by atoms with E-state index in [1.165, 1.54) is 12.8 Å². The second kappa shape index (κ2) is 4.90. The van der Waals surface area contributed by atoms with Crippen LogP contribution < -0.4 is 5.32 Å². The maximum absolute atomic E-state index is 12.4. The van der Waals surface area contributed by atoms with Gasteiger partial charge in [-0.25, -0.2) is 0 Å². The van der Waals surface area contributed by atoms with Crippen LogP contribution >= 0.6 is 11.6 Å². The Labute approximate surface area is 112 Å². The SMILES string of the molecule is O=C(c1ccccc1Cl)N1CC2CCCNC2C1. The van der Waals surface area contributed by atoms with E-state index in [0.717, 1.165) is 19.6 Å². The highest BCUT2D eigenvalue weighted by atomic mass is 35.5. The molecule has 96 valence electrons. The lowest BCUT2D eigenvalue weighted by Gasteiger charge is -2.24. The zero-order valence-corrected chi connectivity index (χ0v) is 11.0. The molecule has 1 N–H and O–H groups in total. The maximum Gasteiger partial charge on any atom is 0.255 e. The summed E-state index contributed by atoms with van der Waals surface area (Å²) < 4.78 is 0. The van der Waals surface area contributed by atoms with Crippen LogP contribution in [0.2, 0.25) is 5.02 Å². The standard InChI is InChI=1S/C14H17ClN2O/c15-12-6-2-1-5-11(12)14(18)17-8-10-4-3-7-16-13(10)9-17/h1-2,5-6,10,13,16H,3-4,7-9H2. The van der Waals surface area contributed by atoms with Crippen LogP contribution in [0.3, 0.4) is 0 Å². The van der Waals surface area contributed by atoms with E-state index in [2.05, 4.69) is 5.32 Å². The average molecular weight is 265 g/mol. The number of likely N-dealkylation sites (tertiary alicyclic amines) is 1. The van der Waals surface area contributed by atoms with Crippen LogP contribution in [-0.2, 0) is 0 Å². The summed E-state index contributed by atoms with van der Waals surface area (Å²) in [6.07, 6.45) is 2.44. The minimum Gasteiger partial charge on any atom is -0.337 e. The Hall–Kier alpha value is -1.06. The molecule has 2 atom stereocenters. The molecule has 1 aromatic carbocycles. The molecule has 4 heteroatoms. The number of hydrogen-bond acceptors (Lipinski definition) is 2. The van der Waals surface area contributed by atoms with Crippen LogP contribution in [0.15, 0.2) is 24.3 Å². The summed E-state index contributed by atoms with van der Waals surface area (Å²) >= 11 is 6.09. The van der Waals surface area contributed by atoms with E-state index in [-0.39, 0.29) is 5.91 Å². The molecule has 2 aliphatic heterocycles. The molecule has 0 radical (unpaired) electrons. The van der Waals surface area contributed by atoms with Gasteiger partial charge in [-0.15, -0.1) is 0 Å². The fourth-order valence-corrected chi connectivity index (χ4v) is 3.23. The van der Waals surface area contributed by atoms with Crippen molar-refractivity contribution in [2.24, 2.45) is 5.92 Å². The Bertz CT molecular complexity index is 449. The van der Waals surface area contributed by atoms with Gasteiger partial charge in [0.1, 0.15) is 0 Å². The Balaban J connectivity index is 1.76. The van der Waals surface area contributed by atoms with E-state index in [1.54, 1.807) is 12.1 Å². The first kappa shape index (κ1) is 12.0. The number of hydrogen-bond donors (Lipinski definition) is 1. The van der Waals surface area contributed by atoms with E-state index in [0.29, 0.717) is 22.5 Å². The second-order valence-corrected chi connectivity index (χ2v) is 5.56. The lowest BCUT2D eigenvalue weighted by Crippen LogP contribution is -2.41. The number of piperidine rings is 1. The number of halogens is 1. The van der Waals surface area contributed by atoms with Gasteiger partial charge in [0.15, 0.2) is 0 Å². The van der Waals surface area contributed by atoms with Crippen molar-refractivity contribution in [1.82, 2.24) is 10.2 Å². The summed E-state index contributed by atoms with van der Waals surface area (Å²) in [5.74, 6) is 0.682. The highest BCUT2D eigenvalue weighted by Crippen LogP contribution is 2.27.